The van der Waals surface area contributed by atoms with Crippen LogP contribution in [0, 0.1) is 0 Å². The van der Waals surface area contributed by atoms with E-state index < -0.39 is 0 Å². The third kappa shape index (κ3) is 5.73. The van der Waals surface area contributed by atoms with Gasteiger partial charge < -0.3 is 14.8 Å². The second-order valence-electron chi connectivity index (χ2n) is 5.97. The molecule has 1 aliphatic rings. The molecule has 0 unspecified atom stereocenters. The van der Waals surface area contributed by atoms with Gasteiger partial charge >= 0.3 is 0 Å². The number of ether oxygens (including phenoxy) is 2. The summed E-state index contributed by atoms with van der Waals surface area (Å²) in [6, 6.07) is 7.21. The summed E-state index contributed by atoms with van der Waals surface area (Å²) in [7, 11) is 0. The third-order valence-electron chi connectivity index (χ3n) is 4.18. The van der Waals surface area contributed by atoms with Crippen LogP contribution in [-0.2, 0) is 9.53 Å². The molecule has 0 saturated carbocycles. The van der Waals surface area contributed by atoms with Gasteiger partial charge in [-0.05, 0) is 17.5 Å². The van der Waals surface area contributed by atoms with Gasteiger partial charge in [0.15, 0.2) is 6.61 Å². The van der Waals surface area contributed by atoms with Crippen LogP contribution in [0.3, 0.4) is 0 Å². The molecule has 1 atom stereocenters. The monoisotopic (exact) mass is 448 g/mol. The maximum atomic E-state index is 12.3. The number of morpholine rings is 1. The Hall–Kier alpha value is -1.02. The van der Waals surface area contributed by atoms with E-state index in [4.69, 9.17) is 44.3 Å². The summed E-state index contributed by atoms with van der Waals surface area (Å²) in [4.78, 5) is 15.8. The molecule has 5 nitrogen and oxygen atoms in total. The van der Waals surface area contributed by atoms with E-state index >= 15 is 0 Å². The lowest BCUT2D eigenvalue weighted by Crippen LogP contribution is -2.44. The van der Waals surface area contributed by atoms with Crippen LogP contribution in [0.5, 0.6) is 5.75 Å². The predicted molar refractivity (Wildman–Crippen MR) is 109 cm³/mol. The van der Waals surface area contributed by atoms with Crippen molar-refractivity contribution in [2.75, 3.05) is 39.5 Å². The molecule has 2 aromatic rings. The summed E-state index contributed by atoms with van der Waals surface area (Å²) in [6.07, 6.45) is 0. The summed E-state index contributed by atoms with van der Waals surface area (Å²) in [5.74, 6) is 0.0937. The molecular formula is C18H19Cl3N2O3S. The van der Waals surface area contributed by atoms with Gasteiger partial charge in [-0.3, -0.25) is 9.69 Å². The highest BCUT2D eigenvalue weighted by Gasteiger charge is 2.24. The molecule has 0 aliphatic carbocycles. The van der Waals surface area contributed by atoms with Gasteiger partial charge in [0, 0.05) is 30.6 Å². The number of nitrogens with zero attached hydrogens (tertiary/aromatic N) is 1. The molecule has 146 valence electrons. The summed E-state index contributed by atoms with van der Waals surface area (Å²) >= 11 is 19.6. The number of carbonyl (C=O) groups excluding carboxylic acids is 1. The van der Waals surface area contributed by atoms with E-state index in [0.29, 0.717) is 40.6 Å². The maximum Gasteiger partial charge on any atom is 0.258 e. The standard InChI is InChI=1S/C18H19Cl3N2O3S/c19-12-8-14(21)16(9-13(12)20)26-11-18(24)22-10-15(17-2-1-7-27-17)23-3-5-25-6-4-23/h1-2,7-9,15H,3-6,10-11H2,(H,22,24)/t15-/m1/s1. The van der Waals surface area contributed by atoms with Gasteiger partial charge in [-0.25, -0.2) is 0 Å². The number of thiophene rings is 1. The van der Waals surface area contributed by atoms with E-state index in [1.54, 1.807) is 11.3 Å². The maximum absolute atomic E-state index is 12.3. The van der Waals surface area contributed by atoms with Crippen LogP contribution in [0.4, 0.5) is 0 Å². The van der Waals surface area contributed by atoms with E-state index in [2.05, 4.69) is 16.3 Å². The van der Waals surface area contributed by atoms with Crippen molar-refractivity contribution in [1.29, 1.82) is 0 Å². The molecule has 1 N–H and O–H groups in total. The number of rotatable bonds is 7. The minimum atomic E-state index is -0.230. The van der Waals surface area contributed by atoms with E-state index in [1.165, 1.54) is 17.0 Å². The van der Waals surface area contributed by atoms with Crippen molar-refractivity contribution in [2.24, 2.45) is 0 Å². The first-order valence-electron chi connectivity index (χ1n) is 8.44. The molecule has 1 amide bonds. The van der Waals surface area contributed by atoms with Gasteiger partial charge in [-0.2, -0.15) is 0 Å². The minimum Gasteiger partial charge on any atom is -0.482 e. The zero-order valence-electron chi connectivity index (χ0n) is 14.4. The number of hydrogen-bond donors (Lipinski definition) is 1. The van der Waals surface area contributed by atoms with E-state index in [9.17, 15) is 4.79 Å². The molecule has 0 radical (unpaired) electrons. The van der Waals surface area contributed by atoms with Crippen LogP contribution < -0.4 is 10.1 Å². The Kier molecular flexibility index (Phi) is 7.64. The first kappa shape index (κ1) is 20.7. The van der Waals surface area contributed by atoms with Crippen LogP contribution in [-0.4, -0.2) is 50.3 Å². The quantitative estimate of drug-likeness (QED) is 0.641. The van der Waals surface area contributed by atoms with Crippen molar-refractivity contribution in [2.45, 2.75) is 6.04 Å². The van der Waals surface area contributed by atoms with E-state index in [1.807, 2.05) is 11.4 Å². The highest BCUT2D eigenvalue weighted by atomic mass is 35.5. The molecule has 9 heteroatoms. The first-order chi connectivity index (χ1) is 13.0. The number of amides is 1. The Balaban J connectivity index is 1.55. The molecule has 0 bridgehead atoms. The van der Waals surface area contributed by atoms with Crippen LogP contribution in [0.2, 0.25) is 15.1 Å². The van der Waals surface area contributed by atoms with Crippen molar-refractivity contribution in [3.8, 4) is 5.75 Å². The Bertz CT molecular complexity index is 767. The lowest BCUT2D eigenvalue weighted by atomic mass is 10.2. The number of halogens is 3. The molecular weight excluding hydrogens is 431 g/mol. The highest BCUT2D eigenvalue weighted by molar-refractivity contribution is 7.10. The van der Waals surface area contributed by atoms with Gasteiger partial charge in [0.2, 0.25) is 0 Å². The Morgan fingerprint density at radius 1 is 1.22 bits per heavy atom. The fourth-order valence-corrected chi connectivity index (χ4v) is 4.25. The fraction of sp³-hybridized carbons (Fsp3) is 0.389. The largest absolute Gasteiger partial charge is 0.482 e. The normalized spacial score (nSPS) is 16.1. The average molecular weight is 450 g/mol. The van der Waals surface area contributed by atoms with Gasteiger partial charge in [0.05, 0.1) is 34.3 Å². The molecule has 1 aromatic heterocycles. The third-order valence-corrected chi connectivity index (χ3v) is 6.18. The van der Waals surface area contributed by atoms with Gasteiger partial charge in [0.1, 0.15) is 5.75 Å². The second-order valence-corrected chi connectivity index (χ2v) is 8.17. The van der Waals surface area contributed by atoms with Gasteiger partial charge in [0.25, 0.3) is 5.91 Å². The number of nitrogens with one attached hydrogen (secondary N) is 1. The van der Waals surface area contributed by atoms with Crippen molar-refractivity contribution in [3.63, 3.8) is 0 Å². The Labute approximate surface area is 177 Å². The van der Waals surface area contributed by atoms with Crippen molar-refractivity contribution in [1.82, 2.24) is 10.2 Å². The molecule has 0 spiro atoms. The van der Waals surface area contributed by atoms with Crippen molar-refractivity contribution in [3.05, 3.63) is 49.6 Å². The van der Waals surface area contributed by atoms with E-state index in [0.717, 1.165) is 13.1 Å². The average Bonchev–Trinajstić information content (AvgIpc) is 3.19. The van der Waals surface area contributed by atoms with Gasteiger partial charge in [-0.15, -0.1) is 11.3 Å². The lowest BCUT2D eigenvalue weighted by Gasteiger charge is -2.34. The minimum absolute atomic E-state index is 0.117. The molecule has 2 heterocycles. The zero-order valence-corrected chi connectivity index (χ0v) is 17.5. The summed E-state index contributed by atoms with van der Waals surface area (Å²) in [5, 5.41) is 5.95. The van der Waals surface area contributed by atoms with Crippen LogP contribution in [0.1, 0.15) is 10.9 Å². The molecule has 27 heavy (non-hydrogen) atoms. The van der Waals surface area contributed by atoms with E-state index in [-0.39, 0.29) is 18.6 Å². The number of hydrogen-bond acceptors (Lipinski definition) is 5. The molecule has 1 aromatic carbocycles. The first-order valence-corrected chi connectivity index (χ1v) is 10.4. The van der Waals surface area contributed by atoms with Crippen LogP contribution >= 0.6 is 46.1 Å². The van der Waals surface area contributed by atoms with Crippen LogP contribution in [0.25, 0.3) is 0 Å². The summed E-state index contributed by atoms with van der Waals surface area (Å²) in [6.45, 7) is 3.43. The summed E-state index contributed by atoms with van der Waals surface area (Å²) < 4.78 is 10.9. The Morgan fingerprint density at radius 3 is 2.67 bits per heavy atom. The lowest BCUT2D eigenvalue weighted by molar-refractivity contribution is -0.123. The molecule has 1 aliphatic heterocycles. The smallest absolute Gasteiger partial charge is 0.258 e. The topological polar surface area (TPSA) is 50.8 Å². The SMILES string of the molecule is O=C(COc1cc(Cl)c(Cl)cc1Cl)NC[C@H](c1cccs1)N1CCOCC1. The summed E-state index contributed by atoms with van der Waals surface area (Å²) in [5.41, 5.74) is 0. The second kappa shape index (κ2) is 9.96. The fourth-order valence-electron chi connectivity index (χ4n) is 2.80. The predicted octanol–water partition coefficient (Wildman–Crippen LogP) is 4.28. The zero-order chi connectivity index (χ0) is 19.2. The molecule has 1 saturated heterocycles. The van der Waals surface area contributed by atoms with Crippen molar-refractivity contribution >= 4 is 52.0 Å². The molecule has 1 fully saturated rings. The number of carbonyl (C=O) groups is 1. The van der Waals surface area contributed by atoms with Crippen molar-refractivity contribution < 1.29 is 14.3 Å². The number of benzene rings is 1. The van der Waals surface area contributed by atoms with Gasteiger partial charge in [-0.1, -0.05) is 40.9 Å². The molecule has 3 rings (SSSR count). The highest BCUT2D eigenvalue weighted by Crippen LogP contribution is 2.33. The Morgan fingerprint density at radius 2 is 1.96 bits per heavy atom. The van der Waals surface area contributed by atoms with Crippen LogP contribution in [0.15, 0.2) is 29.6 Å².